The summed E-state index contributed by atoms with van der Waals surface area (Å²) in [6.07, 6.45) is 8.43. The van der Waals surface area contributed by atoms with Gasteiger partial charge in [0.2, 0.25) is 5.91 Å². The van der Waals surface area contributed by atoms with E-state index >= 15 is 0 Å². The molecule has 3 N–H and O–H groups in total. The van der Waals surface area contributed by atoms with Gasteiger partial charge < -0.3 is 20.7 Å². The standard InChI is InChI=1S/C20H32N4O2.2ClH/c1-16-14-24(9-10-26-16)18-6-5-17(12-22-18)13-23-19(25)11-20(15-21)7-3-2-4-8-20;;/h5-6,12,16H,2-4,7-11,13-15,21H2,1H3,(H,23,25);2*1H. The Morgan fingerprint density at radius 1 is 1.32 bits per heavy atom. The first kappa shape index (κ1) is 25.0. The van der Waals surface area contributed by atoms with Crippen molar-refractivity contribution in [3.8, 4) is 0 Å². The molecule has 1 saturated heterocycles. The summed E-state index contributed by atoms with van der Waals surface area (Å²) in [5.74, 6) is 1.07. The molecular formula is C20H34Cl2N4O2. The van der Waals surface area contributed by atoms with Crippen molar-refractivity contribution in [2.75, 3.05) is 31.1 Å². The van der Waals surface area contributed by atoms with Gasteiger partial charge in [-0.1, -0.05) is 25.3 Å². The van der Waals surface area contributed by atoms with E-state index in [1.807, 2.05) is 18.3 Å². The van der Waals surface area contributed by atoms with E-state index in [2.05, 4.69) is 22.1 Å². The van der Waals surface area contributed by atoms with Crippen LogP contribution in [-0.2, 0) is 16.1 Å². The number of hydrogen-bond donors (Lipinski definition) is 2. The Kier molecular flexibility index (Phi) is 10.5. The SMILES string of the molecule is CC1CN(c2ccc(CNC(=O)CC3(CN)CCCCC3)cn2)CCO1.Cl.Cl. The second kappa shape index (κ2) is 11.8. The van der Waals surface area contributed by atoms with Crippen LogP contribution in [0.3, 0.4) is 0 Å². The van der Waals surface area contributed by atoms with Crippen LogP contribution in [0, 0.1) is 5.41 Å². The Bertz CT molecular complexity index is 594. The van der Waals surface area contributed by atoms with Crippen molar-refractivity contribution in [2.24, 2.45) is 11.1 Å². The fourth-order valence-corrected chi connectivity index (χ4v) is 4.09. The number of pyridine rings is 1. The number of carbonyl (C=O) groups is 1. The molecule has 1 aliphatic carbocycles. The Balaban J connectivity index is 0.00000196. The maximum absolute atomic E-state index is 12.4. The summed E-state index contributed by atoms with van der Waals surface area (Å²) < 4.78 is 5.57. The van der Waals surface area contributed by atoms with Crippen LogP contribution in [0.1, 0.15) is 51.0 Å². The third kappa shape index (κ3) is 6.76. The number of anilines is 1. The highest BCUT2D eigenvalue weighted by atomic mass is 35.5. The van der Waals surface area contributed by atoms with E-state index in [1.165, 1.54) is 19.3 Å². The summed E-state index contributed by atoms with van der Waals surface area (Å²) in [7, 11) is 0. The number of halogens is 2. The minimum Gasteiger partial charge on any atom is -0.375 e. The van der Waals surface area contributed by atoms with Crippen LogP contribution >= 0.6 is 24.8 Å². The molecule has 8 heteroatoms. The predicted octanol–water partition coefficient (Wildman–Crippen LogP) is 3.07. The van der Waals surface area contributed by atoms with Gasteiger partial charge in [0, 0.05) is 32.3 Å². The molecule has 1 aromatic rings. The first-order chi connectivity index (χ1) is 12.6. The van der Waals surface area contributed by atoms with Crippen molar-refractivity contribution in [3.05, 3.63) is 23.9 Å². The zero-order chi connectivity index (χ0) is 18.4. The Labute approximate surface area is 180 Å². The van der Waals surface area contributed by atoms with Crippen LogP contribution in [-0.4, -0.2) is 43.2 Å². The molecule has 3 rings (SSSR count). The molecule has 1 amide bonds. The number of aromatic nitrogens is 1. The maximum Gasteiger partial charge on any atom is 0.220 e. The van der Waals surface area contributed by atoms with Crippen molar-refractivity contribution in [1.82, 2.24) is 10.3 Å². The molecule has 0 radical (unpaired) electrons. The van der Waals surface area contributed by atoms with Crippen LogP contribution in [0.15, 0.2) is 18.3 Å². The Morgan fingerprint density at radius 3 is 2.68 bits per heavy atom. The fraction of sp³-hybridized carbons (Fsp3) is 0.700. The molecule has 1 unspecified atom stereocenters. The lowest BCUT2D eigenvalue weighted by Gasteiger charge is -2.35. The Hall–Kier alpha value is -1.08. The number of nitrogens with zero attached hydrogens (tertiary/aromatic N) is 2. The number of nitrogens with two attached hydrogens (primary N) is 1. The van der Waals surface area contributed by atoms with Gasteiger partial charge in [-0.05, 0) is 43.4 Å². The summed E-state index contributed by atoms with van der Waals surface area (Å²) in [6, 6.07) is 4.07. The summed E-state index contributed by atoms with van der Waals surface area (Å²) >= 11 is 0. The molecule has 2 fully saturated rings. The lowest BCUT2D eigenvalue weighted by molar-refractivity contribution is -0.124. The molecule has 1 aromatic heterocycles. The first-order valence-corrected chi connectivity index (χ1v) is 9.88. The third-order valence-electron chi connectivity index (χ3n) is 5.75. The highest BCUT2D eigenvalue weighted by Gasteiger charge is 2.32. The number of ether oxygens (including phenoxy) is 1. The molecule has 0 aromatic carbocycles. The highest BCUT2D eigenvalue weighted by molar-refractivity contribution is 5.85. The van der Waals surface area contributed by atoms with Gasteiger partial charge in [0.15, 0.2) is 0 Å². The number of hydrogen-bond acceptors (Lipinski definition) is 5. The Morgan fingerprint density at radius 2 is 2.07 bits per heavy atom. The normalized spacial score (nSPS) is 21.2. The van der Waals surface area contributed by atoms with Crippen molar-refractivity contribution in [1.29, 1.82) is 0 Å². The summed E-state index contributed by atoms with van der Waals surface area (Å²) in [5, 5.41) is 3.04. The molecule has 1 atom stereocenters. The largest absolute Gasteiger partial charge is 0.375 e. The van der Waals surface area contributed by atoms with Crippen LogP contribution in [0.5, 0.6) is 0 Å². The van der Waals surface area contributed by atoms with E-state index < -0.39 is 0 Å². The minimum absolute atomic E-state index is 0. The van der Waals surface area contributed by atoms with Gasteiger partial charge in [-0.25, -0.2) is 4.98 Å². The monoisotopic (exact) mass is 432 g/mol. The number of carbonyl (C=O) groups excluding carboxylic acids is 1. The predicted molar refractivity (Wildman–Crippen MR) is 117 cm³/mol. The van der Waals surface area contributed by atoms with Gasteiger partial charge >= 0.3 is 0 Å². The molecular weight excluding hydrogens is 399 g/mol. The van der Waals surface area contributed by atoms with Crippen molar-refractivity contribution >= 4 is 36.5 Å². The molecule has 2 aliphatic rings. The van der Waals surface area contributed by atoms with E-state index in [4.69, 9.17) is 10.5 Å². The van der Waals surface area contributed by atoms with Crippen molar-refractivity contribution in [2.45, 2.75) is 58.1 Å². The van der Waals surface area contributed by atoms with Crippen molar-refractivity contribution in [3.63, 3.8) is 0 Å². The molecule has 0 bridgehead atoms. The van der Waals surface area contributed by atoms with Gasteiger partial charge in [-0.3, -0.25) is 4.79 Å². The van der Waals surface area contributed by atoms with Crippen LogP contribution in [0.4, 0.5) is 5.82 Å². The van der Waals surface area contributed by atoms with Crippen molar-refractivity contribution < 1.29 is 9.53 Å². The van der Waals surface area contributed by atoms with E-state index in [-0.39, 0.29) is 42.2 Å². The quantitative estimate of drug-likeness (QED) is 0.721. The molecule has 1 aliphatic heterocycles. The van der Waals surface area contributed by atoms with Gasteiger partial charge in [0.25, 0.3) is 0 Å². The van der Waals surface area contributed by atoms with Gasteiger partial charge in [0.05, 0.1) is 12.7 Å². The summed E-state index contributed by atoms with van der Waals surface area (Å²) in [6.45, 7) is 5.68. The first-order valence-electron chi connectivity index (χ1n) is 9.88. The molecule has 0 spiro atoms. The summed E-state index contributed by atoms with van der Waals surface area (Å²) in [4.78, 5) is 19.2. The number of rotatable bonds is 6. The zero-order valence-electron chi connectivity index (χ0n) is 16.7. The average Bonchev–Trinajstić information content (AvgIpc) is 2.67. The molecule has 6 nitrogen and oxygen atoms in total. The molecule has 2 heterocycles. The lowest BCUT2D eigenvalue weighted by Crippen LogP contribution is -2.41. The fourth-order valence-electron chi connectivity index (χ4n) is 4.09. The highest BCUT2D eigenvalue weighted by Crippen LogP contribution is 2.38. The van der Waals surface area contributed by atoms with E-state index in [0.717, 1.165) is 43.9 Å². The smallest absolute Gasteiger partial charge is 0.220 e. The topological polar surface area (TPSA) is 80.5 Å². The van der Waals surface area contributed by atoms with Gasteiger partial charge in [-0.2, -0.15) is 0 Å². The van der Waals surface area contributed by atoms with Crippen LogP contribution in [0.25, 0.3) is 0 Å². The minimum atomic E-state index is 0. The average molecular weight is 433 g/mol. The maximum atomic E-state index is 12.4. The second-order valence-electron chi connectivity index (χ2n) is 7.87. The van der Waals surface area contributed by atoms with E-state index in [9.17, 15) is 4.79 Å². The zero-order valence-corrected chi connectivity index (χ0v) is 18.3. The van der Waals surface area contributed by atoms with E-state index in [1.54, 1.807) is 0 Å². The molecule has 1 saturated carbocycles. The molecule has 160 valence electrons. The van der Waals surface area contributed by atoms with Crippen LogP contribution < -0.4 is 16.0 Å². The number of amides is 1. The number of morpholine rings is 1. The van der Waals surface area contributed by atoms with E-state index in [0.29, 0.717) is 19.5 Å². The van der Waals surface area contributed by atoms with Gasteiger partial charge in [-0.15, -0.1) is 24.8 Å². The third-order valence-corrected chi connectivity index (χ3v) is 5.75. The van der Waals surface area contributed by atoms with Crippen LogP contribution in [0.2, 0.25) is 0 Å². The molecule has 28 heavy (non-hydrogen) atoms. The van der Waals surface area contributed by atoms with Gasteiger partial charge in [0.1, 0.15) is 5.82 Å². The number of nitrogens with one attached hydrogen (secondary N) is 1. The lowest BCUT2D eigenvalue weighted by atomic mass is 9.71. The summed E-state index contributed by atoms with van der Waals surface area (Å²) in [5.41, 5.74) is 7.02. The second-order valence-corrected chi connectivity index (χ2v) is 7.87.